The predicted molar refractivity (Wildman–Crippen MR) is 106 cm³/mol. The second-order valence-electron chi connectivity index (χ2n) is 7.62. The molecule has 1 atom stereocenters. The molecule has 0 radical (unpaired) electrons. The van der Waals surface area contributed by atoms with Crippen molar-refractivity contribution in [3.8, 4) is 0 Å². The summed E-state index contributed by atoms with van der Waals surface area (Å²) in [4.78, 5) is 19.0. The van der Waals surface area contributed by atoms with Gasteiger partial charge in [-0.3, -0.25) is 4.79 Å². The fourth-order valence-corrected chi connectivity index (χ4v) is 3.79. The lowest BCUT2D eigenvalue weighted by atomic mass is 9.99. The maximum absolute atomic E-state index is 13.1. The van der Waals surface area contributed by atoms with Crippen LogP contribution in [0.5, 0.6) is 0 Å². The van der Waals surface area contributed by atoms with Crippen molar-refractivity contribution in [1.29, 1.82) is 0 Å². The van der Waals surface area contributed by atoms with E-state index in [4.69, 9.17) is 11.6 Å². The molecule has 0 unspecified atom stereocenters. The topological polar surface area (TPSA) is 50.2 Å². The molecule has 1 amide bonds. The molecule has 0 spiro atoms. The summed E-state index contributed by atoms with van der Waals surface area (Å²) in [5.41, 5.74) is -0.498. The number of hydrogen-bond donors (Lipinski definition) is 1. The van der Waals surface area contributed by atoms with Gasteiger partial charge >= 0.3 is 6.18 Å². The van der Waals surface area contributed by atoms with Gasteiger partial charge in [0.1, 0.15) is 6.04 Å². The van der Waals surface area contributed by atoms with Crippen molar-refractivity contribution in [1.82, 2.24) is 14.5 Å². The molecule has 1 aromatic carbocycles. The van der Waals surface area contributed by atoms with Crippen molar-refractivity contribution < 1.29 is 18.0 Å². The summed E-state index contributed by atoms with van der Waals surface area (Å²) in [7, 11) is 0. The van der Waals surface area contributed by atoms with Gasteiger partial charge in [-0.2, -0.15) is 13.2 Å². The summed E-state index contributed by atoms with van der Waals surface area (Å²) < 4.78 is 40.6. The van der Waals surface area contributed by atoms with Crippen LogP contribution in [0.2, 0.25) is 5.02 Å². The second kappa shape index (κ2) is 8.65. The summed E-state index contributed by atoms with van der Waals surface area (Å²) in [5.74, 6) is -0.132. The van der Waals surface area contributed by atoms with Crippen molar-refractivity contribution in [3.63, 3.8) is 0 Å². The molecule has 0 saturated carbocycles. The molecule has 2 aromatic rings. The molecule has 1 aromatic heterocycles. The fourth-order valence-electron chi connectivity index (χ4n) is 3.56. The average Bonchev–Trinajstić information content (AvgIpc) is 3.20. The van der Waals surface area contributed by atoms with E-state index in [1.54, 1.807) is 12.5 Å². The first kappa shape index (κ1) is 21.5. The Morgan fingerprint density at radius 2 is 1.97 bits per heavy atom. The molecule has 5 nitrogen and oxygen atoms in total. The zero-order valence-electron chi connectivity index (χ0n) is 16.3. The first-order valence-electron chi connectivity index (χ1n) is 9.56. The minimum atomic E-state index is -4.46. The lowest BCUT2D eigenvalue weighted by Gasteiger charge is -2.36. The minimum absolute atomic E-state index is 0.0582. The summed E-state index contributed by atoms with van der Waals surface area (Å²) in [6.45, 7) is 5.03. The van der Waals surface area contributed by atoms with Crippen LogP contribution in [0.15, 0.2) is 36.9 Å². The van der Waals surface area contributed by atoms with E-state index >= 15 is 0 Å². The molecule has 9 heteroatoms. The molecule has 1 fully saturated rings. The van der Waals surface area contributed by atoms with Gasteiger partial charge in [0, 0.05) is 31.5 Å². The molecule has 2 heterocycles. The molecule has 158 valence electrons. The number of likely N-dealkylation sites (tertiary alicyclic amines) is 1. The molecule has 1 aliphatic heterocycles. The molecular weight excluding hydrogens is 405 g/mol. The number of alkyl halides is 3. The Morgan fingerprint density at radius 3 is 2.48 bits per heavy atom. The second-order valence-corrected chi connectivity index (χ2v) is 8.03. The van der Waals surface area contributed by atoms with E-state index in [1.165, 1.54) is 6.07 Å². The Bertz CT molecular complexity index is 831. The van der Waals surface area contributed by atoms with Gasteiger partial charge in [0.25, 0.3) is 0 Å². The number of nitrogens with one attached hydrogen (secondary N) is 1. The number of carbonyl (C=O) groups is 1. The maximum Gasteiger partial charge on any atom is 0.416 e. The molecule has 29 heavy (non-hydrogen) atoms. The van der Waals surface area contributed by atoms with Gasteiger partial charge < -0.3 is 14.8 Å². The number of hydrogen-bond acceptors (Lipinski definition) is 3. The van der Waals surface area contributed by atoms with Crippen LogP contribution in [0.3, 0.4) is 0 Å². The lowest BCUT2D eigenvalue weighted by molar-refractivity contribution is -0.137. The van der Waals surface area contributed by atoms with Gasteiger partial charge in [0.2, 0.25) is 5.91 Å². The van der Waals surface area contributed by atoms with E-state index < -0.39 is 17.8 Å². The van der Waals surface area contributed by atoms with Crippen LogP contribution in [-0.4, -0.2) is 39.5 Å². The number of aromatic nitrogens is 2. The lowest BCUT2D eigenvalue weighted by Crippen LogP contribution is -2.48. The van der Waals surface area contributed by atoms with E-state index in [1.807, 2.05) is 24.9 Å². The van der Waals surface area contributed by atoms with Gasteiger partial charge in [0.15, 0.2) is 0 Å². The first-order valence-corrected chi connectivity index (χ1v) is 9.94. The van der Waals surface area contributed by atoms with Gasteiger partial charge in [0.05, 0.1) is 22.6 Å². The number of nitrogens with zero attached hydrogens (tertiary/aromatic N) is 3. The third-order valence-electron chi connectivity index (χ3n) is 5.26. The summed E-state index contributed by atoms with van der Waals surface area (Å²) in [5, 5.41) is 3.00. The van der Waals surface area contributed by atoms with Gasteiger partial charge in [-0.15, -0.1) is 0 Å². The Balaban J connectivity index is 1.68. The molecular formula is C20H24ClF3N4O. The molecule has 0 aliphatic carbocycles. The highest BCUT2D eigenvalue weighted by Gasteiger charge is 2.33. The summed E-state index contributed by atoms with van der Waals surface area (Å²) in [6.07, 6.45) is 2.64. The standard InChI is InChI=1S/C20H24ClF3N4O/c1-13(2)18(26-17-4-3-14(11-16(17)21)20(22,23)24)19(29)27-8-5-15(6-9-27)28-10-7-25-12-28/h3-4,7,10-13,15,18,26H,5-6,8-9H2,1-2H3/t18-/m0/s1. The SMILES string of the molecule is CC(C)[C@H](Nc1ccc(C(F)(F)F)cc1Cl)C(=O)N1CCC(n2ccnc2)CC1. The van der Waals surface area contributed by atoms with Crippen molar-refractivity contribution in [2.24, 2.45) is 5.92 Å². The Morgan fingerprint density at radius 1 is 1.28 bits per heavy atom. The average molecular weight is 429 g/mol. The number of piperidine rings is 1. The molecule has 1 N–H and O–H groups in total. The molecule has 3 rings (SSSR count). The first-order chi connectivity index (χ1) is 13.7. The van der Waals surface area contributed by atoms with Gasteiger partial charge in [-0.25, -0.2) is 4.98 Å². The van der Waals surface area contributed by atoms with Crippen LogP contribution < -0.4 is 5.32 Å². The third kappa shape index (κ3) is 5.04. The molecule has 1 saturated heterocycles. The number of carbonyl (C=O) groups excluding carboxylic acids is 1. The Hall–Kier alpha value is -2.22. The summed E-state index contributed by atoms with van der Waals surface area (Å²) in [6, 6.07) is 2.86. The zero-order valence-corrected chi connectivity index (χ0v) is 17.0. The highest BCUT2D eigenvalue weighted by Crippen LogP contribution is 2.34. The van der Waals surface area contributed by atoms with Crippen molar-refractivity contribution in [2.45, 2.75) is 44.9 Å². The van der Waals surface area contributed by atoms with E-state index in [2.05, 4.69) is 14.9 Å². The quantitative estimate of drug-likeness (QED) is 0.740. The highest BCUT2D eigenvalue weighted by atomic mass is 35.5. The Labute approximate surface area is 172 Å². The zero-order chi connectivity index (χ0) is 21.2. The number of anilines is 1. The Kier molecular flexibility index (Phi) is 6.41. The van der Waals surface area contributed by atoms with Crippen LogP contribution in [0, 0.1) is 5.92 Å². The van der Waals surface area contributed by atoms with Gasteiger partial charge in [-0.1, -0.05) is 25.4 Å². The van der Waals surface area contributed by atoms with Crippen LogP contribution in [-0.2, 0) is 11.0 Å². The number of benzene rings is 1. The van der Waals surface area contributed by atoms with Gasteiger partial charge in [-0.05, 0) is 37.0 Å². The van der Waals surface area contributed by atoms with Crippen molar-refractivity contribution in [3.05, 3.63) is 47.5 Å². The minimum Gasteiger partial charge on any atom is -0.372 e. The normalized spacial score (nSPS) is 16.9. The van der Waals surface area contributed by atoms with E-state index in [0.29, 0.717) is 24.8 Å². The monoisotopic (exact) mass is 428 g/mol. The fraction of sp³-hybridized carbons (Fsp3) is 0.500. The number of halogens is 4. The van der Waals surface area contributed by atoms with E-state index in [-0.39, 0.29) is 16.8 Å². The van der Waals surface area contributed by atoms with E-state index in [9.17, 15) is 18.0 Å². The predicted octanol–water partition coefficient (Wildman–Crippen LogP) is 4.86. The van der Waals surface area contributed by atoms with Crippen molar-refractivity contribution in [2.75, 3.05) is 18.4 Å². The number of imidazole rings is 1. The number of amides is 1. The van der Waals surface area contributed by atoms with Crippen LogP contribution in [0.4, 0.5) is 18.9 Å². The molecule has 1 aliphatic rings. The number of rotatable bonds is 5. The largest absolute Gasteiger partial charge is 0.416 e. The third-order valence-corrected chi connectivity index (χ3v) is 5.58. The highest BCUT2D eigenvalue weighted by molar-refractivity contribution is 6.33. The smallest absolute Gasteiger partial charge is 0.372 e. The van der Waals surface area contributed by atoms with Crippen molar-refractivity contribution >= 4 is 23.2 Å². The van der Waals surface area contributed by atoms with E-state index in [0.717, 1.165) is 25.0 Å². The maximum atomic E-state index is 13.1. The van der Waals surface area contributed by atoms with Crippen LogP contribution in [0.25, 0.3) is 0 Å². The molecule has 0 bridgehead atoms. The summed E-state index contributed by atoms with van der Waals surface area (Å²) >= 11 is 6.05. The van der Waals surface area contributed by atoms with Crippen LogP contribution >= 0.6 is 11.6 Å². The van der Waals surface area contributed by atoms with Crippen LogP contribution in [0.1, 0.15) is 38.3 Å².